The van der Waals surface area contributed by atoms with Crippen molar-refractivity contribution in [3.8, 4) is 0 Å². The standard InChI is InChI=1S/C21H26N4O2/c1-21(2,3)17-6-4-15(5-7-17)19(26)25-13-16-12-22-20(23-18(16)14-25)24-8-10-27-11-9-24/h4-7,12H,8-11,13-14H2,1-3H3. The van der Waals surface area contributed by atoms with Crippen molar-refractivity contribution in [2.75, 3.05) is 31.2 Å². The number of ether oxygens (including phenoxy) is 1. The molecule has 0 saturated carbocycles. The monoisotopic (exact) mass is 366 g/mol. The zero-order chi connectivity index (χ0) is 19.0. The molecule has 1 fully saturated rings. The highest BCUT2D eigenvalue weighted by molar-refractivity contribution is 5.94. The smallest absolute Gasteiger partial charge is 0.254 e. The van der Waals surface area contributed by atoms with Gasteiger partial charge in [0.2, 0.25) is 5.95 Å². The maximum absolute atomic E-state index is 12.9. The van der Waals surface area contributed by atoms with Crippen molar-refractivity contribution in [2.24, 2.45) is 0 Å². The first-order valence-corrected chi connectivity index (χ1v) is 9.49. The average molecular weight is 366 g/mol. The van der Waals surface area contributed by atoms with E-state index in [1.54, 1.807) is 0 Å². The van der Waals surface area contributed by atoms with E-state index in [1.807, 2.05) is 35.4 Å². The maximum Gasteiger partial charge on any atom is 0.254 e. The van der Waals surface area contributed by atoms with Crippen LogP contribution in [0.5, 0.6) is 0 Å². The van der Waals surface area contributed by atoms with E-state index in [0.717, 1.165) is 35.9 Å². The molecule has 2 aliphatic heterocycles. The summed E-state index contributed by atoms with van der Waals surface area (Å²) in [5, 5.41) is 0. The molecule has 0 spiro atoms. The molecular weight excluding hydrogens is 340 g/mol. The Morgan fingerprint density at radius 3 is 2.44 bits per heavy atom. The lowest BCUT2D eigenvalue weighted by atomic mass is 9.86. The number of amides is 1. The average Bonchev–Trinajstić information content (AvgIpc) is 3.11. The van der Waals surface area contributed by atoms with Crippen molar-refractivity contribution < 1.29 is 9.53 Å². The highest BCUT2D eigenvalue weighted by Crippen LogP contribution is 2.26. The molecule has 0 unspecified atom stereocenters. The first-order chi connectivity index (χ1) is 12.9. The number of hydrogen-bond acceptors (Lipinski definition) is 5. The van der Waals surface area contributed by atoms with E-state index in [1.165, 1.54) is 5.56 Å². The molecule has 1 amide bonds. The van der Waals surface area contributed by atoms with Gasteiger partial charge in [0.05, 0.1) is 25.5 Å². The van der Waals surface area contributed by atoms with Crippen LogP contribution in [0, 0.1) is 0 Å². The first-order valence-electron chi connectivity index (χ1n) is 9.49. The topological polar surface area (TPSA) is 58.6 Å². The largest absolute Gasteiger partial charge is 0.378 e. The second-order valence-electron chi connectivity index (χ2n) is 8.23. The van der Waals surface area contributed by atoms with E-state index in [-0.39, 0.29) is 11.3 Å². The van der Waals surface area contributed by atoms with Crippen LogP contribution in [0.25, 0.3) is 0 Å². The molecule has 0 aliphatic carbocycles. The Hall–Kier alpha value is -2.47. The molecule has 0 radical (unpaired) electrons. The van der Waals surface area contributed by atoms with Crippen LogP contribution < -0.4 is 4.90 Å². The molecule has 27 heavy (non-hydrogen) atoms. The van der Waals surface area contributed by atoms with Crippen LogP contribution in [0.1, 0.15) is 48.0 Å². The normalized spacial score (nSPS) is 17.1. The lowest BCUT2D eigenvalue weighted by Gasteiger charge is -2.26. The fourth-order valence-corrected chi connectivity index (χ4v) is 3.50. The second-order valence-corrected chi connectivity index (χ2v) is 8.23. The fraction of sp³-hybridized carbons (Fsp3) is 0.476. The number of anilines is 1. The van der Waals surface area contributed by atoms with Gasteiger partial charge in [-0.1, -0.05) is 32.9 Å². The minimum Gasteiger partial charge on any atom is -0.378 e. The second kappa shape index (κ2) is 6.93. The lowest BCUT2D eigenvalue weighted by molar-refractivity contribution is 0.0750. The van der Waals surface area contributed by atoms with Crippen molar-refractivity contribution in [1.29, 1.82) is 0 Å². The number of hydrogen-bond donors (Lipinski definition) is 0. The summed E-state index contributed by atoms with van der Waals surface area (Å²) >= 11 is 0. The third-order valence-corrected chi connectivity index (χ3v) is 5.22. The Balaban J connectivity index is 1.48. The molecule has 1 aromatic heterocycles. The minimum atomic E-state index is 0.0429. The van der Waals surface area contributed by atoms with E-state index in [9.17, 15) is 4.79 Å². The zero-order valence-corrected chi connectivity index (χ0v) is 16.2. The van der Waals surface area contributed by atoms with Crippen molar-refractivity contribution >= 4 is 11.9 Å². The van der Waals surface area contributed by atoms with E-state index < -0.39 is 0 Å². The quantitative estimate of drug-likeness (QED) is 0.818. The van der Waals surface area contributed by atoms with Crippen molar-refractivity contribution in [1.82, 2.24) is 14.9 Å². The van der Waals surface area contributed by atoms with Crippen LogP contribution in [0.4, 0.5) is 5.95 Å². The van der Waals surface area contributed by atoms with E-state index in [2.05, 4.69) is 30.7 Å². The van der Waals surface area contributed by atoms with Gasteiger partial charge in [0, 0.05) is 37.0 Å². The first kappa shape index (κ1) is 17.9. The van der Waals surface area contributed by atoms with Crippen LogP contribution in [0.15, 0.2) is 30.5 Å². The zero-order valence-electron chi connectivity index (χ0n) is 16.2. The van der Waals surface area contributed by atoms with Crippen LogP contribution in [0.3, 0.4) is 0 Å². The van der Waals surface area contributed by atoms with Gasteiger partial charge in [-0.2, -0.15) is 0 Å². The lowest BCUT2D eigenvalue weighted by Crippen LogP contribution is -2.37. The number of fused-ring (bicyclic) bond motifs is 1. The van der Waals surface area contributed by atoms with Gasteiger partial charge in [0.1, 0.15) is 0 Å². The molecule has 6 nitrogen and oxygen atoms in total. The van der Waals surface area contributed by atoms with Gasteiger partial charge < -0.3 is 14.5 Å². The SMILES string of the molecule is CC(C)(C)c1ccc(C(=O)N2Cc3cnc(N4CCOCC4)nc3C2)cc1. The van der Waals surface area contributed by atoms with Crippen molar-refractivity contribution in [3.63, 3.8) is 0 Å². The van der Waals surface area contributed by atoms with Gasteiger partial charge in [0.25, 0.3) is 5.91 Å². The molecule has 0 N–H and O–H groups in total. The highest BCUT2D eigenvalue weighted by Gasteiger charge is 2.27. The third-order valence-electron chi connectivity index (χ3n) is 5.22. The summed E-state index contributed by atoms with van der Waals surface area (Å²) in [6, 6.07) is 7.95. The van der Waals surface area contributed by atoms with Gasteiger partial charge >= 0.3 is 0 Å². The Labute approximate surface area is 160 Å². The minimum absolute atomic E-state index is 0.0429. The van der Waals surface area contributed by atoms with Gasteiger partial charge in [-0.3, -0.25) is 4.79 Å². The summed E-state index contributed by atoms with van der Waals surface area (Å²) < 4.78 is 5.39. The van der Waals surface area contributed by atoms with Gasteiger partial charge in [0.15, 0.2) is 0 Å². The Kier molecular flexibility index (Phi) is 4.60. The number of aromatic nitrogens is 2. The number of nitrogens with zero attached hydrogens (tertiary/aromatic N) is 4. The van der Waals surface area contributed by atoms with E-state index in [4.69, 9.17) is 9.72 Å². The summed E-state index contributed by atoms with van der Waals surface area (Å²) in [6.45, 7) is 10.6. The number of carbonyl (C=O) groups excluding carboxylic acids is 1. The number of carbonyl (C=O) groups is 1. The molecule has 4 rings (SSSR count). The molecule has 1 saturated heterocycles. The van der Waals surface area contributed by atoms with Gasteiger partial charge in [-0.05, 0) is 23.1 Å². The highest BCUT2D eigenvalue weighted by atomic mass is 16.5. The predicted octanol–water partition coefficient (Wildman–Crippen LogP) is 2.77. The Morgan fingerprint density at radius 2 is 1.78 bits per heavy atom. The molecule has 2 aromatic rings. The summed E-state index contributed by atoms with van der Waals surface area (Å²) in [5.41, 5.74) is 4.01. The number of morpholine rings is 1. The molecule has 3 heterocycles. The Morgan fingerprint density at radius 1 is 1.07 bits per heavy atom. The summed E-state index contributed by atoms with van der Waals surface area (Å²) in [5.74, 6) is 0.780. The van der Waals surface area contributed by atoms with Crippen LogP contribution in [0.2, 0.25) is 0 Å². The number of benzene rings is 1. The number of rotatable bonds is 2. The molecular formula is C21H26N4O2. The van der Waals surface area contributed by atoms with Gasteiger partial charge in [-0.15, -0.1) is 0 Å². The van der Waals surface area contributed by atoms with E-state index >= 15 is 0 Å². The van der Waals surface area contributed by atoms with Gasteiger partial charge in [-0.25, -0.2) is 9.97 Å². The molecule has 6 heteroatoms. The summed E-state index contributed by atoms with van der Waals surface area (Å²) in [7, 11) is 0. The van der Waals surface area contributed by atoms with Crippen molar-refractivity contribution in [3.05, 3.63) is 52.8 Å². The predicted molar refractivity (Wildman–Crippen MR) is 104 cm³/mol. The molecule has 0 atom stereocenters. The summed E-state index contributed by atoms with van der Waals surface area (Å²) in [6.07, 6.45) is 1.86. The molecule has 0 bridgehead atoms. The fourth-order valence-electron chi connectivity index (χ4n) is 3.50. The third kappa shape index (κ3) is 3.67. The molecule has 1 aromatic carbocycles. The van der Waals surface area contributed by atoms with Crippen LogP contribution in [-0.2, 0) is 23.2 Å². The maximum atomic E-state index is 12.9. The molecule has 2 aliphatic rings. The van der Waals surface area contributed by atoms with Crippen LogP contribution >= 0.6 is 0 Å². The van der Waals surface area contributed by atoms with E-state index in [0.29, 0.717) is 26.3 Å². The van der Waals surface area contributed by atoms with Crippen LogP contribution in [-0.4, -0.2) is 47.1 Å². The summed E-state index contributed by atoms with van der Waals surface area (Å²) in [4.78, 5) is 26.1. The van der Waals surface area contributed by atoms with Crippen molar-refractivity contribution in [2.45, 2.75) is 39.3 Å². The molecule has 142 valence electrons. The Bertz CT molecular complexity index is 836.